The Morgan fingerprint density at radius 3 is 3.14 bits per heavy atom. The van der Waals surface area contributed by atoms with E-state index in [0.29, 0.717) is 0 Å². The van der Waals surface area contributed by atoms with E-state index in [1.165, 1.54) is 0 Å². The molecular formula is C11H14N2O. The Bertz CT molecular complexity index is 321. The summed E-state index contributed by atoms with van der Waals surface area (Å²) in [5.41, 5.74) is 7.14. The van der Waals surface area contributed by atoms with Gasteiger partial charge in [0.25, 0.3) is 0 Å². The van der Waals surface area contributed by atoms with Crippen molar-refractivity contribution in [3.8, 4) is 0 Å². The SMILES string of the molecule is NC(Cc1cccnc1)C1=CCCO1. The summed E-state index contributed by atoms with van der Waals surface area (Å²) < 4.78 is 5.40. The molecule has 1 aromatic rings. The molecule has 2 N–H and O–H groups in total. The second-order valence-electron chi connectivity index (χ2n) is 3.42. The van der Waals surface area contributed by atoms with Gasteiger partial charge in [-0.25, -0.2) is 0 Å². The molecule has 1 aliphatic rings. The zero-order valence-corrected chi connectivity index (χ0v) is 8.02. The van der Waals surface area contributed by atoms with Crippen molar-refractivity contribution in [2.45, 2.75) is 18.9 Å². The van der Waals surface area contributed by atoms with E-state index in [2.05, 4.69) is 11.1 Å². The highest BCUT2D eigenvalue weighted by atomic mass is 16.5. The van der Waals surface area contributed by atoms with Crippen LogP contribution in [0.25, 0.3) is 0 Å². The number of aromatic nitrogens is 1. The van der Waals surface area contributed by atoms with Gasteiger partial charge in [-0.2, -0.15) is 0 Å². The fraction of sp³-hybridized carbons (Fsp3) is 0.364. The highest BCUT2D eigenvalue weighted by Crippen LogP contribution is 2.14. The standard InChI is InChI=1S/C11H14N2O/c12-10(11-4-2-6-14-11)7-9-3-1-5-13-8-9/h1,3-5,8,10H,2,6-7,12H2. The monoisotopic (exact) mass is 190 g/mol. The number of ether oxygens (including phenoxy) is 1. The van der Waals surface area contributed by atoms with Crippen LogP contribution in [-0.2, 0) is 11.2 Å². The van der Waals surface area contributed by atoms with Gasteiger partial charge in [-0.1, -0.05) is 6.07 Å². The predicted molar refractivity (Wildman–Crippen MR) is 54.6 cm³/mol. The van der Waals surface area contributed by atoms with Crippen molar-refractivity contribution in [3.63, 3.8) is 0 Å². The molecule has 3 nitrogen and oxygen atoms in total. The van der Waals surface area contributed by atoms with Crippen LogP contribution in [0.4, 0.5) is 0 Å². The summed E-state index contributed by atoms with van der Waals surface area (Å²) in [4.78, 5) is 4.05. The van der Waals surface area contributed by atoms with Crippen LogP contribution < -0.4 is 5.73 Å². The number of nitrogens with zero attached hydrogens (tertiary/aromatic N) is 1. The summed E-state index contributed by atoms with van der Waals surface area (Å²) in [5, 5.41) is 0. The molecule has 0 saturated heterocycles. The van der Waals surface area contributed by atoms with Crippen LogP contribution in [0.5, 0.6) is 0 Å². The molecule has 14 heavy (non-hydrogen) atoms. The molecule has 1 unspecified atom stereocenters. The highest BCUT2D eigenvalue weighted by molar-refractivity contribution is 5.15. The molecule has 0 aliphatic carbocycles. The van der Waals surface area contributed by atoms with Gasteiger partial charge in [-0.05, 0) is 24.1 Å². The van der Waals surface area contributed by atoms with E-state index in [0.717, 1.165) is 30.8 Å². The maximum absolute atomic E-state index is 5.99. The van der Waals surface area contributed by atoms with E-state index in [-0.39, 0.29) is 6.04 Å². The maximum atomic E-state index is 5.99. The molecule has 2 rings (SSSR count). The molecule has 0 bridgehead atoms. The van der Waals surface area contributed by atoms with E-state index in [1.54, 1.807) is 6.20 Å². The van der Waals surface area contributed by atoms with E-state index < -0.39 is 0 Å². The fourth-order valence-electron chi connectivity index (χ4n) is 1.57. The summed E-state index contributed by atoms with van der Waals surface area (Å²) in [7, 11) is 0. The second-order valence-corrected chi connectivity index (χ2v) is 3.42. The summed E-state index contributed by atoms with van der Waals surface area (Å²) in [5.74, 6) is 0.925. The van der Waals surface area contributed by atoms with Gasteiger partial charge in [-0.15, -0.1) is 0 Å². The first-order valence-corrected chi connectivity index (χ1v) is 4.83. The summed E-state index contributed by atoms with van der Waals surface area (Å²) in [6.07, 6.45) is 7.45. The molecule has 0 fully saturated rings. The average Bonchev–Trinajstić information content (AvgIpc) is 2.72. The van der Waals surface area contributed by atoms with Crippen molar-refractivity contribution in [2.75, 3.05) is 6.61 Å². The Morgan fingerprint density at radius 1 is 1.57 bits per heavy atom. The van der Waals surface area contributed by atoms with E-state index in [9.17, 15) is 0 Å². The first kappa shape index (κ1) is 9.21. The number of rotatable bonds is 3. The van der Waals surface area contributed by atoms with Gasteiger partial charge in [0.2, 0.25) is 0 Å². The minimum atomic E-state index is -0.0262. The molecule has 2 heterocycles. The Morgan fingerprint density at radius 2 is 2.50 bits per heavy atom. The molecule has 0 aromatic carbocycles. The Kier molecular flexibility index (Phi) is 2.79. The molecule has 1 aliphatic heterocycles. The lowest BCUT2D eigenvalue weighted by Gasteiger charge is -2.12. The predicted octanol–water partition coefficient (Wildman–Crippen LogP) is 1.26. The third-order valence-corrected chi connectivity index (χ3v) is 2.28. The lowest BCUT2D eigenvalue weighted by molar-refractivity contribution is 0.224. The maximum Gasteiger partial charge on any atom is 0.109 e. The van der Waals surface area contributed by atoms with Gasteiger partial charge in [0.1, 0.15) is 5.76 Å². The summed E-state index contributed by atoms with van der Waals surface area (Å²) in [6.45, 7) is 0.774. The summed E-state index contributed by atoms with van der Waals surface area (Å²) in [6, 6.07) is 3.93. The fourth-order valence-corrected chi connectivity index (χ4v) is 1.57. The van der Waals surface area contributed by atoms with Gasteiger partial charge in [0.05, 0.1) is 12.6 Å². The van der Waals surface area contributed by atoms with E-state index in [4.69, 9.17) is 10.5 Å². The lowest BCUT2D eigenvalue weighted by Crippen LogP contribution is -2.25. The van der Waals surface area contributed by atoms with E-state index in [1.807, 2.05) is 18.3 Å². The number of hydrogen-bond donors (Lipinski definition) is 1. The molecule has 0 radical (unpaired) electrons. The minimum absolute atomic E-state index is 0.0262. The molecule has 3 heteroatoms. The first-order chi connectivity index (χ1) is 6.86. The Labute approximate surface area is 83.6 Å². The van der Waals surface area contributed by atoms with Crippen LogP contribution in [0.1, 0.15) is 12.0 Å². The van der Waals surface area contributed by atoms with Crippen LogP contribution >= 0.6 is 0 Å². The molecule has 0 saturated carbocycles. The Balaban J connectivity index is 1.97. The largest absolute Gasteiger partial charge is 0.496 e. The molecule has 1 atom stereocenters. The smallest absolute Gasteiger partial charge is 0.109 e. The third-order valence-electron chi connectivity index (χ3n) is 2.28. The van der Waals surface area contributed by atoms with Crippen molar-refractivity contribution in [3.05, 3.63) is 41.9 Å². The third kappa shape index (κ3) is 2.12. The van der Waals surface area contributed by atoms with Gasteiger partial charge in [0.15, 0.2) is 0 Å². The van der Waals surface area contributed by atoms with Gasteiger partial charge in [-0.3, -0.25) is 4.98 Å². The van der Waals surface area contributed by atoms with Gasteiger partial charge >= 0.3 is 0 Å². The van der Waals surface area contributed by atoms with Crippen molar-refractivity contribution in [2.24, 2.45) is 5.73 Å². The van der Waals surface area contributed by atoms with Crippen LogP contribution in [0.3, 0.4) is 0 Å². The van der Waals surface area contributed by atoms with Crippen LogP contribution in [0.2, 0.25) is 0 Å². The van der Waals surface area contributed by atoms with Crippen LogP contribution in [0, 0.1) is 0 Å². The van der Waals surface area contributed by atoms with Crippen molar-refractivity contribution < 1.29 is 4.74 Å². The lowest BCUT2D eigenvalue weighted by atomic mass is 10.1. The second kappa shape index (κ2) is 4.24. The van der Waals surface area contributed by atoms with Crippen molar-refractivity contribution in [1.29, 1.82) is 0 Å². The molecular weight excluding hydrogens is 176 g/mol. The quantitative estimate of drug-likeness (QED) is 0.780. The van der Waals surface area contributed by atoms with Gasteiger partial charge in [0, 0.05) is 18.8 Å². The normalized spacial score (nSPS) is 17.4. The zero-order valence-electron chi connectivity index (χ0n) is 8.02. The topological polar surface area (TPSA) is 48.1 Å². The zero-order chi connectivity index (χ0) is 9.80. The number of pyridine rings is 1. The van der Waals surface area contributed by atoms with Gasteiger partial charge < -0.3 is 10.5 Å². The van der Waals surface area contributed by atoms with Crippen LogP contribution in [-0.4, -0.2) is 17.6 Å². The molecule has 1 aromatic heterocycles. The van der Waals surface area contributed by atoms with Crippen LogP contribution in [0.15, 0.2) is 36.4 Å². The molecule has 74 valence electrons. The molecule has 0 spiro atoms. The molecule has 0 amide bonds. The highest BCUT2D eigenvalue weighted by Gasteiger charge is 2.14. The van der Waals surface area contributed by atoms with E-state index >= 15 is 0 Å². The first-order valence-electron chi connectivity index (χ1n) is 4.83. The Hall–Kier alpha value is -1.35. The summed E-state index contributed by atoms with van der Waals surface area (Å²) >= 11 is 0. The van der Waals surface area contributed by atoms with Crippen molar-refractivity contribution >= 4 is 0 Å². The number of nitrogens with two attached hydrogens (primary N) is 1. The minimum Gasteiger partial charge on any atom is -0.496 e. The number of hydrogen-bond acceptors (Lipinski definition) is 3. The van der Waals surface area contributed by atoms with Crippen molar-refractivity contribution in [1.82, 2.24) is 4.98 Å². The average molecular weight is 190 g/mol.